The summed E-state index contributed by atoms with van der Waals surface area (Å²) in [6, 6.07) is 10.6. The van der Waals surface area contributed by atoms with Crippen molar-refractivity contribution in [3.63, 3.8) is 0 Å². The number of carbonyl (C=O) groups excluding carboxylic acids is 1. The summed E-state index contributed by atoms with van der Waals surface area (Å²) in [5, 5.41) is 11.4. The largest absolute Gasteiger partial charge is 0.478 e. The van der Waals surface area contributed by atoms with E-state index >= 15 is 0 Å². The third kappa shape index (κ3) is 3.56. The summed E-state index contributed by atoms with van der Waals surface area (Å²) in [5.74, 6) is -1.38. The van der Waals surface area contributed by atoms with E-state index in [-0.39, 0.29) is 23.6 Å². The fourth-order valence-electron chi connectivity index (χ4n) is 1.87. The van der Waals surface area contributed by atoms with Crippen molar-refractivity contribution in [2.75, 3.05) is 5.32 Å². The Morgan fingerprint density at radius 2 is 1.81 bits per heavy atom. The van der Waals surface area contributed by atoms with Gasteiger partial charge in [-0.25, -0.2) is 4.79 Å². The van der Waals surface area contributed by atoms with E-state index in [1.807, 2.05) is 0 Å². The third-order valence-corrected chi connectivity index (χ3v) is 2.99. The van der Waals surface area contributed by atoms with Gasteiger partial charge in [-0.1, -0.05) is 6.07 Å². The van der Waals surface area contributed by atoms with Crippen LogP contribution in [0.4, 0.5) is 5.69 Å². The van der Waals surface area contributed by atoms with Crippen LogP contribution in [0.3, 0.4) is 0 Å². The van der Waals surface area contributed by atoms with E-state index < -0.39 is 5.97 Å². The number of aromatic carboxylic acids is 1. The topological polar surface area (TPSA) is 88.4 Å². The molecule has 0 spiro atoms. The minimum absolute atomic E-state index is 0.0911. The number of nitrogens with one attached hydrogen (secondary N) is 1. The molecule has 0 saturated heterocycles. The summed E-state index contributed by atoms with van der Waals surface area (Å²) in [5.41, 5.74) is 1.07. The molecular weight excluding hydrogens is 272 g/mol. The molecule has 0 aliphatic heterocycles. The van der Waals surface area contributed by atoms with Gasteiger partial charge in [0.15, 0.2) is 0 Å². The Bertz CT molecular complexity index is 732. The first kappa shape index (κ1) is 14.5. The highest BCUT2D eigenvalue weighted by atomic mass is 16.4. The molecule has 0 aliphatic rings. The molecule has 1 amide bonds. The van der Waals surface area contributed by atoms with Crippen molar-refractivity contribution >= 4 is 17.6 Å². The second kappa shape index (κ2) is 6.04. The van der Waals surface area contributed by atoms with Crippen molar-refractivity contribution in [1.29, 1.82) is 0 Å². The minimum Gasteiger partial charge on any atom is -0.478 e. The monoisotopic (exact) mass is 286 g/mol. The zero-order valence-electron chi connectivity index (χ0n) is 11.4. The van der Waals surface area contributed by atoms with Gasteiger partial charge in [-0.15, -0.1) is 0 Å². The molecule has 108 valence electrons. The van der Waals surface area contributed by atoms with Crippen molar-refractivity contribution < 1.29 is 14.7 Å². The van der Waals surface area contributed by atoms with Crippen LogP contribution in [0.5, 0.6) is 0 Å². The maximum atomic E-state index is 11.9. The van der Waals surface area contributed by atoms with Crippen LogP contribution in [0.1, 0.15) is 16.1 Å². The van der Waals surface area contributed by atoms with Gasteiger partial charge in [-0.3, -0.25) is 9.59 Å². The van der Waals surface area contributed by atoms with E-state index in [0.29, 0.717) is 11.4 Å². The fourth-order valence-corrected chi connectivity index (χ4v) is 1.87. The van der Waals surface area contributed by atoms with Gasteiger partial charge in [0.25, 0.3) is 5.56 Å². The summed E-state index contributed by atoms with van der Waals surface area (Å²) in [7, 11) is 0. The van der Waals surface area contributed by atoms with Crippen LogP contribution in [-0.4, -0.2) is 21.6 Å². The molecule has 0 bridgehead atoms. The van der Waals surface area contributed by atoms with Crippen molar-refractivity contribution in [1.82, 2.24) is 4.57 Å². The Balaban J connectivity index is 2.08. The molecule has 6 heteroatoms. The number of carboxylic acids is 1. The maximum Gasteiger partial charge on any atom is 0.335 e. The van der Waals surface area contributed by atoms with Crippen LogP contribution in [0, 0.1) is 6.92 Å². The first-order chi connectivity index (χ1) is 9.97. The smallest absolute Gasteiger partial charge is 0.335 e. The molecular formula is C15H14N2O4. The summed E-state index contributed by atoms with van der Waals surface area (Å²) < 4.78 is 1.36. The molecule has 1 aromatic heterocycles. The van der Waals surface area contributed by atoms with Gasteiger partial charge in [-0.2, -0.15) is 0 Å². The predicted molar refractivity (Wildman–Crippen MR) is 77.5 cm³/mol. The second-order valence-corrected chi connectivity index (χ2v) is 4.52. The summed E-state index contributed by atoms with van der Waals surface area (Å²) in [4.78, 5) is 34.3. The molecule has 0 aliphatic carbocycles. The quantitative estimate of drug-likeness (QED) is 0.891. The lowest BCUT2D eigenvalue weighted by Gasteiger charge is -2.10. The molecule has 1 heterocycles. The number of carbonyl (C=O) groups is 2. The Morgan fingerprint density at radius 1 is 1.14 bits per heavy atom. The number of benzene rings is 1. The highest BCUT2D eigenvalue weighted by molar-refractivity contribution is 5.92. The van der Waals surface area contributed by atoms with Crippen LogP contribution in [0.25, 0.3) is 0 Å². The van der Waals surface area contributed by atoms with Crippen LogP contribution in [0.2, 0.25) is 0 Å². The third-order valence-electron chi connectivity index (χ3n) is 2.99. The van der Waals surface area contributed by atoms with Gasteiger partial charge in [0, 0.05) is 17.4 Å². The zero-order chi connectivity index (χ0) is 15.4. The molecule has 21 heavy (non-hydrogen) atoms. The molecule has 0 unspecified atom stereocenters. The molecule has 2 N–H and O–H groups in total. The maximum absolute atomic E-state index is 11.9. The van der Waals surface area contributed by atoms with Gasteiger partial charge >= 0.3 is 5.97 Å². The lowest BCUT2D eigenvalue weighted by Crippen LogP contribution is -2.28. The minimum atomic E-state index is -1.03. The number of hydrogen-bond acceptors (Lipinski definition) is 3. The molecule has 1 aromatic carbocycles. The summed E-state index contributed by atoms with van der Waals surface area (Å²) in [6.07, 6.45) is 0. The Hall–Kier alpha value is -2.89. The number of hydrogen-bond donors (Lipinski definition) is 2. The molecule has 2 aromatic rings. The van der Waals surface area contributed by atoms with Crippen molar-refractivity contribution in [3.05, 3.63) is 64.1 Å². The van der Waals surface area contributed by atoms with Gasteiger partial charge < -0.3 is 15.0 Å². The highest BCUT2D eigenvalue weighted by Gasteiger charge is 2.08. The van der Waals surface area contributed by atoms with E-state index in [1.165, 1.54) is 34.9 Å². The number of aromatic nitrogens is 1. The lowest BCUT2D eigenvalue weighted by atomic mass is 10.2. The molecule has 6 nitrogen and oxygen atoms in total. The van der Waals surface area contributed by atoms with Gasteiger partial charge in [0.05, 0.1) is 5.56 Å². The highest BCUT2D eigenvalue weighted by Crippen LogP contribution is 2.09. The molecule has 0 fully saturated rings. The number of pyridine rings is 1. The molecule has 2 rings (SSSR count). The first-order valence-corrected chi connectivity index (χ1v) is 6.27. The number of carboxylic acid groups (broad SMARTS) is 1. The van der Waals surface area contributed by atoms with Crippen molar-refractivity contribution in [2.45, 2.75) is 13.5 Å². The van der Waals surface area contributed by atoms with E-state index in [0.717, 1.165) is 0 Å². The SMILES string of the molecule is Cc1cccc(=O)n1CC(=O)Nc1ccc(C(=O)O)cc1. The second-order valence-electron chi connectivity index (χ2n) is 4.52. The fraction of sp³-hybridized carbons (Fsp3) is 0.133. The molecule has 0 radical (unpaired) electrons. The summed E-state index contributed by atoms with van der Waals surface area (Å²) in [6.45, 7) is 1.66. The first-order valence-electron chi connectivity index (χ1n) is 6.27. The van der Waals surface area contributed by atoms with Crippen molar-refractivity contribution in [2.24, 2.45) is 0 Å². The van der Waals surface area contributed by atoms with Crippen LogP contribution in [0.15, 0.2) is 47.3 Å². The van der Waals surface area contributed by atoms with E-state index in [1.54, 1.807) is 19.1 Å². The van der Waals surface area contributed by atoms with E-state index in [2.05, 4.69) is 5.32 Å². The van der Waals surface area contributed by atoms with Crippen LogP contribution in [-0.2, 0) is 11.3 Å². The normalized spacial score (nSPS) is 10.1. The van der Waals surface area contributed by atoms with Gasteiger partial charge in [0.1, 0.15) is 6.54 Å². The average molecular weight is 286 g/mol. The number of nitrogens with zero attached hydrogens (tertiary/aromatic N) is 1. The van der Waals surface area contributed by atoms with Gasteiger partial charge in [-0.05, 0) is 37.3 Å². The van der Waals surface area contributed by atoms with Crippen LogP contribution < -0.4 is 10.9 Å². The Labute approximate surface area is 120 Å². The number of amides is 1. The van der Waals surface area contributed by atoms with Crippen LogP contribution >= 0.6 is 0 Å². The predicted octanol–water partition coefficient (Wildman–Crippen LogP) is 1.49. The van der Waals surface area contributed by atoms with E-state index in [4.69, 9.17) is 5.11 Å². The summed E-state index contributed by atoms with van der Waals surface area (Å²) >= 11 is 0. The number of anilines is 1. The molecule has 0 saturated carbocycles. The number of rotatable bonds is 4. The van der Waals surface area contributed by atoms with E-state index in [9.17, 15) is 14.4 Å². The zero-order valence-corrected chi connectivity index (χ0v) is 11.4. The standard InChI is InChI=1S/C15H14N2O4/c1-10-3-2-4-14(19)17(10)9-13(18)16-12-7-5-11(6-8-12)15(20)21/h2-8H,9H2,1H3,(H,16,18)(H,20,21). The average Bonchev–Trinajstić information content (AvgIpc) is 2.43. The molecule has 0 atom stereocenters. The van der Waals surface area contributed by atoms with Crippen molar-refractivity contribution in [3.8, 4) is 0 Å². The Morgan fingerprint density at radius 3 is 2.38 bits per heavy atom. The number of aryl methyl sites for hydroxylation is 1. The lowest BCUT2D eigenvalue weighted by molar-refractivity contribution is -0.116. The Kier molecular flexibility index (Phi) is 4.18. The van der Waals surface area contributed by atoms with Gasteiger partial charge in [0.2, 0.25) is 5.91 Å².